The molecule has 0 fully saturated rings. The number of rotatable bonds is 4. The van der Waals surface area contributed by atoms with E-state index < -0.39 is 0 Å². The summed E-state index contributed by atoms with van der Waals surface area (Å²) in [7, 11) is 0. The summed E-state index contributed by atoms with van der Waals surface area (Å²) in [6, 6.07) is 24.9. The van der Waals surface area contributed by atoms with Crippen molar-refractivity contribution in [2.24, 2.45) is 5.18 Å². The molecule has 4 aromatic carbocycles. The van der Waals surface area contributed by atoms with Crippen molar-refractivity contribution in [1.29, 1.82) is 0 Å². The highest BCUT2D eigenvalue weighted by Gasteiger charge is 2.19. The van der Waals surface area contributed by atoms with Gasteiger partial charge in [0.2, 0.25) is 0 Å². The minimum absolute atomic E-state index is 0.472. The van der Waals surface area contributed by atoms with Crippen LogP contribution in [0.5, 0.6) is 0 Å². The molecule has 33 heavy (non-hydrogen) atoms. The van der Waals surface area contributed by atoms with E-state index in [1.54, 1.807) is 0 Å². The van der Waals surface area contributed by atoms with Gasteiger partial charge in [-0.2, -0.15) is 0 Å². The van der Waals surface area contributed by atoms with E-state index >= 15 is 0 Å². The van der Waals surface area contributed by atoms with Gasteiger partial charge in [0.1, 0.15) is 5.69 Å². The van der Waals surface area contributed by atoms with E-state index in [-0.39, 0.29) is 0 Å². The molecule has 0 bridgehead atoms. The molecular formula is C30H26N2O. The molecule has 0 amide bonds. The minimum Gasteiger partial charge on any atom is -0.314 e. The van der Waals surface area contributed by atoms with Crippen molar-refractivity contribution in [2.45, 2.75) is 26.7 Å². The number of nitroso groups, excluding NO2 is 1. The zero-order chi connectivity index (χ0) is 22.8. The number of hydrogen-bond donors (Lipinski definition) is 0. The molecule has 0 N–H and O–H groups in total. The largest absolute Gasteiger partial charge is 0.314 e. The van der Waals surface area contributed by atoms with Crippen molar-refractivity contribution in [3.05, 3.63) is 119 Å². The molecule has 162 valence electrons. The summed E-state index contributed by atoms with van der Waals surface area (Å²) in [6.45, 7) is 4.23. The van der Waals surface area contributed by atoms with Crippen LogP contribution >= 0.6 is 0 Å². The Kier molecular flexibility index (Phi) is 5.62. The molecule has 1 aliphatic rings. The van der Waals surface area contributed by atoms with E-state index in [0.717, 1.165) is 45.8 Å². The second kappa shape index (κ2) is 8.87. The van der Waals surface area contributed by atoms with E-state index in [1.165, 1.54) is 16.8 Å². The van der Waals surface area contributed by atoms with Crippen LogP contribution in [-0.4, -0.2) is 0 Å². The molecule has 5 rings (SSSR count). The summed E-state index contributed by atoms with van der Waals surface area (Å²) in [5, 5.41) is 7.44. The van der Waals surface area contributed by atoms with Gasteiger partial charge < -0.3 is 4.90 Å². The molecule has 0 radical (unpaired) electrons. The third-order valence-corrected chi connectivity index (χ3v) is 6.27. The Morgan fingerprint density at radius 1 is 0.818 bits per heavy atom. The molecular weight excluding hydrogens is 404 g/mol. The number of nitrogens with zero attached hydrogens (tertiary/aromatic N) is 2. The van der Waals surface area contributed by atoms with Gasteiger partial charge in [-0.1, -0.05) is 77.9 Å². The fraction of sp³-hybridized carbons (Fsp3) is 0.133. The molecule has 0 unspecified atom stereocenters. The zero-order valence-corrected chi connectivity index (χ0v) is 19.0. The second-order valence-corrected chi connectivity index (χ2v) is 8.59. The Labute approximate surface area is 194 Å². The molecule has 3 heteroatoms. The predicted octanol–water partition coefficient (Wildman–Crippen LogP) is 9.02. The maximum atomic E-state index is 11.8. The van der Waals surface area contributed by atoms with Gasteiger partial charge in [0.05, 0.1) is 5.69 Å². The van der Waals surface area contributed by atoms with Crippen LogP contribution in [0.3, 0.4) is 0 Å². The molecule has 4 aromatic rings. The van der Waals surface area contributed by atoms with Crippen molar-refractivity contribution in [3.8, 4) is 0 Å². The summed E-state index contributed by atoms with van der Waals surface area (Å²) in [5.41, 5.74) is 6.29. The normalized spacial score (nSPS) is 18.0. The lowest BCUT2D eigenvalue weighted by atomic mass is 9.98. The molecule has 0 atom stereocenters. The van der Waals surface area contributed by atoms with Crippen LogP contribution in [0.4, 0.5) is 17.1 Å². The van der Waals surface area contributed by atoms with Crippen LogP contribution in [0, 0.1) is 11.8 Å². The van der Waals surface area contributed by atoms with Crippen molar-refractivity contribution in [1.82, 2.24) is 0 Å². The van der Waals surface area contributed by atoms with E-state index in [2.05, 4.69) is 96.8 Å². The first kappa shape index (κ1) is 20.9. The molecule has 0 aromatic heterocycles. The van der Waals surface area contributed by atoms with Crippen molar-refractivity contribution >= 4 is 38.6 Å². The Morgan fingerprint density at radius 3 is 2.45 bits per heavy atom. The third-order valence-electron chi connectivity index (χ3n) is 6.27. The summed E-state index contributed by atoms with van der Waals surface area (Å²) >= 11 is 0. The lowest BCUT2D eigenvalue weighted by Crippen LogP contribution is -2.17. The highest BCUT2D eigenvalue weighted by molar-refractivity contribution is 6.17. The zero-order valence-electron chi connectivity index (χ0n) is 19.0. The number of fused-ring (bicyclic) bond motifs is 3. The standard InChI is InChI=1S/C30H26N2O/c1-21-7-3-5-9-24(15-11-21)32(25-16-12-22(2)13-17-25)29-20-19-28(31-33)30-26-10-6-4-8-23(26)14-18-27(29)30/h3-4,6-8,10-20H,5,9H2,1-2H3/b7-3-,21-11-,24-15+. The summed E-state index contributed by atoms with van der Waals surface area (Å²) in [5.74, 6) is 0. The maximum absolute atomic E-state index is 11.8. The molecule has 1 aliphatic carbocycles. The van der Waals surface area contributed by atoms with Gasteiger partial charge >= 0.3 is 0 Å². The molecule has 0 aliphatic heterocycles. The maximum Gasteiger partial charge on any atom is 0.116 e. The SMILES string of the molecule is CC1=C/C=C(/N(c2ccc(C)cc2)c2ccc(N=O)c3c2ccc2ccccc23)CC/C=C\1. The van der Waals surface area contributed by atoms with Crippen molar-refractivity contribution < 1.29 is 0 Å². The van der Waals surface area contributed by atoms with Gasteiger partial charge in [0.25, 0.3) is 0 Å². The van der Waals surface area contributed by atoms with E-state index in [1.807, 2.05) is 24.3 Å². The van der Waals surface area contributed by atoms with Crippen LogP contribution in [-0.2, 0) is 0 Å². The van der Waals surface area contributed by atoms with Crippen LogP contribution in [0.15, 0.2) is 114 Å². The Balaban J connectivity index is 1.81. The predicted molar refractivity (Wildman–Crippen MR) is 140 cm³/mol. The molecule has 0 saturated heterocycles. The first-order chi connectivity index (χ1) is 16.2. The number of allylic oxidation sites excluding steroid dienone is 6. The lowest BCUT2D eigenvalue weighted by Gasteiger charge is -2.30. The van der Waals surface area contributed by atoms with Crippen LogP contribution in [0.25, 0.3) is 21.5 Å². The highest BCUT2D eigenvalue weighted by Crippen LogP contribution is 2.43. The highest BCUT2D eigenvalue weighted by atomic mass is 16.3. The average molecular weight is 431 g/mol. The first-order valence-corrected chi connectivity index (χ1v) is 11.3. The summed E-state index contributed by atoms with van der Waals surface area (Å²) in [4.78, 5) is 14.1. The average Bonchev–Trinajstić information content (AvgIpc) is 2.84. The third kappa shape index (κ3) is 3.98. The topological polar surface area (TPSA) is 32.7 Å². The first-order valence-electron chi connectivity index (χ1n) is 11.3. The molecule has 3 nitrogen and oxygen atoms in total. The Bertz CT molecular complexity index is 1440. The quantitative estimate of drug-likeness (QED) is 0.239. The van der Waals surface area contributed by atoms with E-state index in [4.69, 9.17) is 0 Å². The van der Waals surface area contributed by atoms with E-state index in [9.17, 15) is 4.91 Å². The monoisotopic (exact) mass is 430 g/mol. The van der Waals surface area contributed by atoms with Gasteiger partial charge in [0.15, 0.2) is 0 Å². The van der Waals surface area contributed by atoms with Crippen LogP contribution < -0.4 is 4.90 Å². The smallest absolute Gasteiger partial charge is 0.116 e. The number of hydrogen-bond acceptors (Lipinski definition) is 3. The molecule has 0 spiro atoms. The molecule has 0 heterocycles. The Morgan fingerprint density at radius 2 is 1.64 bits per heavy atom. The fourth-order valence-corrected chi connectivity index (χ4v) is 4.57. The Hall–Kier alpha value is -3.98. The van der Waals surface area contributed by atoms with Crippen LogP contribution in [0.1, 0.15) is 25.3 Å². The fourth-order valence-electron chi connectivity index (χ4n) is 4.57. The molecule has 0 saturated carbocycles. The summed E-state index contributed by atoms with van der Waals surface area (Å²) in [6.07, 6.45) is 10.7. The van der Waals surface area contributed by atoms with Crippen molar-refractivity contribution in [3.63, 3.8) is 0 Å². The van der Waals surface area contributed by atoms with E-state index in [0.29, 0.717) is 5.69 Å². The van der Waals surface area contributed by atoms with Crippen LogP contribution in [0.2, 0.25) is 0 Å². The summed E-state index contributed by atoms with van der Waals surface area (Å²) < 4.78 is 0. The number of benzene rings is 4. The number of aryl methyl sites for hydroxylation is 1. The van der Waals surface area contributed by atoms with Gasteiger partial charge in [-0.25, -0.2) is 0 Å². The number of anilines is 2. The van der Waals surface area contributed by atoms with Gasteiger partial charge in [-0.3, -0.25) is 0 Å². The van der Waals surface area contributed by atoms with Gasteiger partial charge in [-0.15, -0.1) is 4.91 Å². The van der Waals surface area contributed by atoms with Gasteiger partial charge in [-0.05, 0) is 73.0 Å². The lowest BCUT2D eigenvalue weighted by molar-refractivity contribution is 0.929. The minimum atomic E-state index is 0.472. The van der Waals surface area contributed by atoms with Crippen molar-refractivity contribution in [2.75, 3.05) is 4.90 Å². The van der Waals surface area contributed by atoms with Gasteiger partial charge in [0, 0.05) is 22.2 Å². The second-order valence-electron chi connectivity index (χ2n) is 8.59.